The fourth-order valence-electron chi connectivity index (χ4n) is 4.28. The smallest absolute Gasteiger partial charge is 0.416 e. The molecule has 0 bridgehead atoms. The number of sulfonamides is 1. The van der Waals surface area contributed by atoms with E-state index in [4.69, 9.17) is 4.74 Å². The predicted octanol–water partition coefficient (Wildman–Crippen LogP) is 3.57. The van der Waals surface area contributed by atoms with Crippen molar-refractivity contribution in [3.63, 3.8) is 0 Å². The number of alkyl halides is 3. The van der Waals surface area contributed by atoms with Crippen LogP contribution in [0.2, 0.25) is 0 Å². The van der Waals surface area contributed by atoms with Gasteiger partial charge in [-0.05, 0) is 37.0 Å². The van der Waals surface area contributed by atoms with Crippen LogP contribution in [0, 0.1) is 0 Å². The van der Waals surface area contributed by atoms with Crippen molar-refractivity contribution in [1.82, 2.24) is 14.2 Å². The highest BCUT2D eigenvalue weighted by Gasteiger charge is 2.41. The summed E-state index contributed by atoms with van der Waals surface area (Å²) in [6, 6.07) is 3.92. The highest BCUT2D eigenvalue weighted by atomic mass is 32.2. The van der Waals surface area contributed by atoms with Crippen molar-refractivity contribution in [1.29, 1.82) is 0 Å². The zero-order chi connectivity index (χ0) is 21.8. The van der Waals surface area contributed by atoms with E-state index in [0.29, 0.717) is 36.7 Å². The third-order valence-electron chi connectivity index (χ3n) is 6.09. The summed E-state index contributed by atoms with van der Waals surface area (Å²) < 4.78 is 72.4. The molecular weight excluding hydrogens is 451 g/mol. The van der Waals surface area contributed by atoms with Crippen LogP contribution < -0.4 is 4.74 Å². The van der Waals surface area contributed by atoms with Crippen molar-refractivity contribution in [3.05, 3.63) is 40.9 Å². The molecule has 2 saturated heterocycles. The molecule has 0 amide bonds. The van der Waals surface area contributed by atoms with Crippen LogP contribution in [0.3, 0.4) is 0 Å². The number of thiazole rings is 1. The molecule has 3 heterocycles. The number of halogens is 3. The average Bonchev–Trinajstić information content (AvgIpc) is 3.34. The molecule has 1 aromatic heterocycles. The lowest BCUT2D eigenvalue weighted by molar-refractivity contribution is -0.137. The number of hydrogen-bond donors (Lipinski definition) is 0. The van der Waals surface area contributed by atoms with Gasteiger partial charge in [0.05, 0.1) is 10.5 Å². The average molecular weight is 474 g/mol. The van der Waals surface area contributed by atoms with Crippen LogP contribution in [-0.4, -0.2) is 60.9 Å². The maximum atomic E-state index is 13.0. The Kier molecular flexibility index (Phi) is 5.27. The Hall–Kier alpha value is -1.69. The Morgan fingerprint density at radius 2 is 1.97 bits per heavy atom. The van der Waals surface area contributed by atoms with Crippen molar-refractivity contribution >= 4 is 21.4 Å². The molecular formula is C20H22F3N3O3S2. The van der Waals surface area contributed by atoms with Gasteiger partial charge in [-0.3, -0.25) is 4.90 Å². The molecule has 11 heteroatoms. The maximum Gasteiger partial charge on any atom is 0.416 e. The van der Waals surface area contributed by atoms with Gasteiger partial charge in [-0.25, -0.2) is 13.4 Å². The monoisotopic (exact) mass is 473 g/mol. The number of ether oxygens (including phenoxy) is 1. The normalized spacial score (nSPS) is 25.5. The van der Waals surface area contributed by atoms with Gasteiger partial charge in [-0.1, -0.05) is 17.4 Å². The summed E-state index contributed by atoms with van der Waals surface area (Å²) in [6.07, 6.45) is 0.291. The van der Waals surface area contributed by atoms with Crippen LogP contribution in [0.25, 0.3) is 0 Å². The van der Waals surface area contributed by atoms with E-state index in [2.05, 4.69) is 9.88 Å². The summed E-state index contributed by atoms with van der Waals surface area (Å²) in [5.74, 6) is 0.624. The number of aromatic nitrogens is 1. The van der Waals surface area contributed by atoms with Crippen molar-refractivity contribution in [2.24, 2.45) is 0 Å². The molecule has 3 fully saturated rings. The lowest BCUT2D eigenvalue weighted by atomic mass is 10.2. The van der Waals surface area contributed by atoms with E-state index in [1.807, 2.05) is 6.20 Å². The van der Waals surface area contributed by atoms with Crippen molar-refractivity contribution < 1.29 is 26.3 Å². The first-order valence-corrected chi connectivity index (χ1v) is 12.5. The van der Waals surface area contributed by atoms with Crippen LogP contribution in [0.5, 0.6) is 5.19 Å². The van der Waals surface area contributed by atoms with E-state index in [1.54, 1.807) is 11.3 Å². The minimum absolute atomic E-state index is 0.0258. The van der Waals surface area contributed by atoms with Gasteiger partial charge in [-0.15, -0.1) is 0 Å². The first-order chi connectivity index (χ1) is 14.7. The Morgan fingerprint density at radius 1 is 1.16 bits per heavy atom. The van der Waals surface area contributed by atoms with Crippen LogP contribution in [-0.2, 0) is 16.2 Å². The second kappa shape index (κ2) is 7.72. The minimum atomic E-state index is -4.59. The first-order valence-electron chi connectivity index (χ1n) is 10.2. The van der Waals surface area contributed by atoms with Gasteiger partial charge in [-0.2, -0.15) is 17.5 Å². The van der Waals surface area contributed by atoms with Gasteiger partial charge >= 0.3 is 6.18 Å². The summed E-state index contributed by atoms with van der Waals surface area (Å²) in [5.41, 5.74) is -0.962. The largest absolute Gasteiger partial charge is 0.465 e. The van der Waals surface area contributed by atoms with Crippen molar-refractivity contribution in [2.45, 2.75) is 48.4 Å². The summed E-state index contributed by atoms with van der Waals surface area (Å²) in [4.78, 5) is 7.48. The van der Waals surface area contributed by atoms with Crippen molar-refractivity contribution in [2.75, 3.05) is 26.2 Å². The van der Waals surface area contributed by atoms with Gasteiger partial charge in [0.25, 0.3) is 5.19 Å². The van der Waals surface area contributed by atoms with Gasteiger partial charge < -0.3 is 4.74 Å². The van der Waals surface area contributed by atoms with E-state index in [9.17, 15) is 21.6 Å². The fraction of sp³-hybridized carbons (Fsp3) is 0.550. The van der Waals surface area contributed by atoms with Gasteiger partial charge in [0.15, 0.2) is 0 Å². The topological polar surface area (TPSA) is 62.7 Å². The zero-order valence-electron chi connectivity index (χ0n) is 16.6. The van der Waals surface area contributed by atoms with Gasteiger partial charge in [0.2, 0.25) is 10.0 Å². The van der Waals surface area contributed by atoms with Crippen LogP contribution in [0.15, 0.2) is 35.4 Å². The summed E-state index contributed by atoms with van der Waals surface area (Å²) in [5, 5.41) is 0.653. The molecule has 1 saturated carbocycles. The van der Waals surface area contributed by atoms with Crippen molar-refractivity contribution in [3.8, 4) is 5.19 Å². The molecule has 6 nitrogen and oxygen atoms in total. The third kappa shape index (κ3) is 4.33. The first kappa shape index (κ1) is 21.2. The molecule has 0 unspecified atom stereocenters. The number of hydrogen-bond acceptors (Lipinski definition) is 6. The van der Waals surface area contributed by atoms with E-state index >= 15 is 0 Å². The predicted molar refractivity (Wildman–Crippen MR) is 109 cm³/mol. The quantitative estimate of drug-likeness (QED) is 0.665. The molecule has 2 atom stereocenters. The highest BCUT2D eigenvalue weighted by Crippen LogP contribution is 2.44. The Bertz CT molecular complexity index is 1070. The molecule has 2 aromatic rings. The number of rotatable bonds is 5. The Labute approximate surface area is 182 Å². The second-order valence-corrected chi connectivity index (χ2v) is 11.3. The van der Waals surface area contributed by atoms with E-state index < -0.39 is 21.8 Å². The molecule has 2 aliphatic heterocycles. The standard InChI is InChI=1S/C20H22F3N3O3S2/c21-20(22,23)14-2-1-3-17(8-14)31(27,28)26-7-6-25-12-16(9-15(25)11-26)29-19-24-10-18(30-19)13-4-5-13/h1-3,8,10,13,15-16H,4-7,9,11-12H2/t15-,16-/m0/s1. The highest BCUT2D eigenvalue weighted by molar-refractivity contribution is 7.89. The SMILES string of the molecule is O=S(=O)(c1cccc(C(F)(F)F)c1)N1CCN2C[C@@H](Oc3ncc(C4CC4)s3)C[C@H]2C1. The molecule has 168 valence electrons. The molecule has 3 aliphatic rings. The minimum Gasteiger partial charge on any atom is -0.465 e. The van der Waals surface area contributed by atoms with E-state index in [1.165, 1.54) is 28.1 Å². The van der Waals surface area contributed by atoms with Gasteiger partial charge in [0.1, 0.15) is 6.10 Å². The molecule has 1 aromatic carbocycles. The number of nitrogens with zero attached hydrogens (tertiary/aromatic N) is 3. The Balaban J connectivity index is 1.25. The fourth-order valence-corrected chi connectivity index (χ4v) is 6.79. The van der Waals surface area contributed by atoms with Crippen LogP contribution in [0.4, 0.5) is 13.2 Å². The number of piperazine rings is 1. The van der Waals surface area contributed by atoms with Gasteiger partial charge in [0, 0.05) is 49.7 Å². The molecule has 0 radical (unpaired) electrons. The molecule has 0 N–H and O–H groups in total. The molecule has 5 rings (SSSR count). The number of fused-ring (bicyclic) bond motifs is 1. The lowest BCUT2D eigenvalue weighted by Crippen LogP contribution is -2.51. The number of benzene rings is 1. The van der Waals surface area contributed by atoms with E-state index in [-0.39, 0.29) is 30.1 Å². The second-order valence-electron chi connectivity index (χ2n) is 8.32. The van der Waals surface area contributed by atoms with Crippen LogP contribution in [0.1, 0.15) is 35.6 Å². The molecule has 1 aliphatic carbocycles. The zero-order valence-corrected chi connectivity index (χ0v) is 18.2. The Morgan fingerprint density at radius 3 is 2.71 bits per heavy atom. The summed E-state index contributed by atoms with van der Waals surface area (Å²) in [7, 11) is -4.00. The van der Waals surface area contributed by atoms with Crippen LogP contribution >= 0.6 is 11.3 Å². The summed E-state index contributed by atoms with van der Waals surface area (Å²) >= 11 is 1.58. The lowest BCUT2D eigenvalue weighted by Gasteiger charge is -2.36. The molecule has 31 heavy (non-hydrogen) atoms. The molecule has 0 spiro atoms. The maximum absolute atomic E-state index is 13.0. The van der Waals surface area contributed by atoms with E-state index in [0.717, 1.165) is 12.1 Å². The third-order valence-corrected chi connectivity index (χ3v) is 9.00. The summed E-state index contributed by atoms with van der Waals surface area (Å²) in [6.45, 7) is 1.70.